The topological polar surface area (TPSA) is 37.3 Å². The highest BCUT2D eigenvalue weighted by Crippen LogP contribution is 2.40. The van der Waals surface area contributed by atoms with E-state index in [4.69, 9.17) is 0 Å². The molecule has 1 saturated carbocycles. The maximum Gasteiger partial charge on any atom is 0.416 e. The fourth-order valence-corrected chi connectivity index (χ4v) is 2.94. The van der Waals surface area contributed by atoms with E-state index in [-0.39, 0.29) is 6.42 Å². The maximum absolute atomic E-state index is 12.7. The monoisotopic (exact) mass is 286 g/mol. The molecule has 5 heteroatoms. The second-order valence-electron chi connectivity index (χ2n) is 5.52. The van der Waals surface area contributed by atoms with Gasteiger partial charge in [0.25, 0.3) is 0 Å². The summed E-state index contributed by atoms with van der Waals surface area (Å²) >= 11 is 0. The van der Waals surface area contributed by atoms with Crippen LogP contribution >= 0.6 is 0 Å². The van der Waals surface area contributed by atoms with E-state index in [9.17, 15) is 23.1 Å². The van der Waals surface area contributed by atoms with Gasteiger partial charge in [0.15, 0.2) is 0 Å². The first-order chi connectivity index (χ1) is 9.33. The fraction of sp³-hybridized carbons (Fsp3) is 0.533. The third-order valence-corrected chi connectivity index (χ3v) is 4.06. The molecule has 2 rings (SSSR count). The number of alkyl halides is 3. The number of carboxylic acid groups (broad SMARTS) is 1. The minimum atomic E-state index is -4.39. The Morgan fingerprint density at radius 2 is 1.85 bits per heavy atom. The van der Waals surface area contributed by atoms with Crippen LogP contribution in [-0.2, 0) is 17.4 Å². The van der Waals surface area contributed by atoms with Crippen molar-refractivity contribution < 1.29 is 23.1 Å². The van der Waals surface area contributed by atoms with Crippen molar-refractivity contribution in [1.82, 2.24) is 0 Å². The number of benzene rings is 1. The number of carboxylic acids is 1. The van der Waals surface area contributed by atoms with E-state index in [0.717, 1.165) is 31.4 Å². The van der Waals surface area contributed by atoms with Gasteiger partial charge in [-0.1, -0.05) is 37.5 Å². The smallest absolute Gasteiger partial charge is 0.416 e. The summed E-state index contributed by atoms with van der Waals surface area (Å²) in [7, 11) is 0. The third kappa shape index (κ3) is 3.14. The molecule has 1 aromatic carbocycles. The van der Waals surface area contributed by atoms with Gasteiger partial charge in [0, 0.05) is 0 Å². The number of carbonyl (C=O) groups is 1. The summed E-state index contributed by atoms with van der Waals surface area (Å²) in [6, 6.07) is 5.00. The Balaban J connectivity index is 2.25. The normalized spacial score (nSPS) is 18.8. The van der Waals surface area contributed by atoms with Gasteiger partial charge in [-0.2, -0.15) is 13.2 Å². The van der Waals surface area contributed by atoms with Crippen molar-refractivity contribution in [3.8, 4) is 0 Å². The predicted molar refractivity (Wildman–Crippen MR) is 68.3 cm³/mol. The second kappa shape index (κ2) is 5.46. The van der Waals surface area contributed by atoms with Crippen LogP contribution in [0.4, 0.5) is 13.2 Å². The van der Waals surface area contributed by atoms with Crippen LogP contribution in [0.1, 0.15) is 43.2 Å². The Morgan fingerprint density at radius 1 is 1.20 bits per heavy atom. The van der Waals surface area contributed by atoms with Crippen LogP contribution in [0.25, 0.3) is 0 Å². The number of halogens is 3. The van der Waals surface area contributed by atoms with Gasteiger partial charge in [-0.05, 0) is 30.9 Å². The van der Waals surface area contributed by atoms with Crippen LogP contribution in [0.3, 0.4) is 0 Å². The second-order valence-corrected chi connectivity index (χ2v) is 5.52. The van der Waals surface area contributed by atoms with Crippen molar-refractivity contribution in [2.45, 2.75) is 44.7 Å². The average molecular weight is 286 g/mol. The first-order valence-electron chi connectivity index (χ1n) is 6.73. The van der Waals surface area contributed by atoms with Gasteiger partial charge in [0.05, 0.1) is 11.0 Å². The molecule has 0 radical (unpaired) electrons. The van der Waals surface area contributed by atoms with Gasteiger partial charge in [0.1, 0.15) is 0 Å². The Bertz CT molecular complexity index is 488. The summed E-state index contributed by atoms with van der Waals surface area (Å²) < 4.78 is 38.1. The molecule has 0 aromatic heterocycles. The third-order valence-electron chi connectivity index (χ3n) is 4.06. The van der Waals surface area contributed by atoms with E-state index in [1.165, 1.54) is 6.07 Å². The largest absolute Gasteiger partial charge is 0.481 e. The summed E-state index contributed by atoms with van der Waals surface area (Å²) in [6.07, 6.45) is -0.490. The minimum Gasteiger partial charge on any atom is -0.481 e. The van der Waals surface area contributed by atoms with Crippen LogP contribution < -0.4 is 0 Å². The lowest BCUT2D eigenvalue weighted by molar-refractivity contribution is -0.151. The van der Waals surface area contributed by atoms with Crippen LogP contribution in [0.15, 0.2) is 24.3 Å². The zero-order chi connectivity index (χ0) is 14.8. The van der Waals surface area contributed by atoms with Crippen LogP contribution in [-0.4, -0.2) is 11.1 Å². The summed E-state index contributed by atoms with van der Waals surface area (Å²) in [5, 5.41) is 9.46. The fourth-order valence-electron chi connectivity index (χ4n) is 2.94. The quantitative estimate of drug-likeness (QED) is 0.900. The lowest BCUT2D eigenvalue weighted by atomic mass is 9.70. The molecule has 0 spiro atoms. The van der Waals surface area contributed by atoms with Gasteiger partial charge in [-0.25, -0.2) is 0 Å². The van der Waals surface area contributed by atoms with Crippen molar-refractivity contribution in [2.24, 2.45) is 5.41 Å². The molecule has 0 bridgehead atoms. The van der Waals surface area contributed by atoms with Gasteiger partial charge >= 0.3 is 12.1 Å². The molecule has 0 heterocycles. The van der Waals surface area contributed by atoms with Crippen molar-refractivity contribution >= 4 is 5.97 Å². The summed E-state index contributed by atoms with van der Waals surface area (Å²) in [5.74, 6) is -0.894. The van der Waals surface area contributed by atoms with E-state index in [1.807, 2.05) is 0 Å². The van der Waals surface area contributed by atoms with Crippen LogP contribution in [0.2, 0.25) is 0 Å². The molecule has 0 unspecified atom stereocenters. The van der Waals surface area contributed by atoms with E-state index in [0.29, 0.717) is 18.4 Å². The Labute approximate surface area is 115 Å². The van der Waals surface area contributed by atoms with E-state index in [2.05, 4.69) is 0 Å². The zero-order valence-electron chi connectivity index (χ0n) is 11.0. The molecular formula is C15H17F3O2. The van der Waals surface area contributed by atoms with Crippen LogP contribution in [0, 0.1) is 5.41 Å². The maximum atomic E-state index is 12.7. The van der Waals surface area contributed by atoms with Crippen molar-refractivity contribution in [3.63, 3.8) is 0 Å². The molecule has 0 amide bonds. The zero-order valence-corrected chi connectivity index (χ0v) is 11.0. The summed E-state index contributed by atoms with van der Waals surface area (Å²) in [5.41, 5.74) is -1.17. The van der Waals surface area contributed by atoms with Gasteiger partial charge in [0.2, 0.25) is 0 Å². The summed E-state index contributed by atoms with van der Waals surface area (Å²) in [4.78, 5) is 11.5. The highest BCUT2D eigenvalue weighted by molar-refractivity contribution is 5.75. The lowest BCUT2D eigenvalue weighted by Gasteiger charge is -2.33. The molecular weight excluding hydrogens is 269 g/mol. The van der Waals surface area contributed by atoms with E-state index < -0.39 is 23.1 Å². The molecule has 20 heavy (non-hydrogen) atoms. The van der Waals surface area contributed by atoms with Crippen LogP contribution in [0.5, 0.6) is 0 Å². The van der Waals surface area contributed by atoms with Gasteiger partial charge in [-0.3, -0.25) is 4.79 Å². The highest BCUT2D eigenvalue weighted by Gasteiger charge is 2.40. The van der Waals surface area contributed by atoms with Gasteiger partial charge < -0.3 is 5.11 Å². The molecule has 0 aliphatic heterocycles. The molecule has 0 atom stereocenters. The molecule has 1 fully saturated rings. The first-order valence-corrected chi connectivity index (χ1v) is 6.73. The molecule has 1 N–H and O–H groups in total. The van der Waals surface area contributed by atoms with Crippen molar-refractivity contribution in [2.75, 3.05) is 0 Å². The van der Waals surface area contributed by atoms with Crippen molar-refractivity contribution in [1.29, 1.82) is 0 Å². The highest BCUT2D eigenvalue weighted by atomic mass is 19.4. The van der Waals surface area contributed by atoms with Crippen molar-refractivity contribution in [3.05, 3.63) is 35.4 Å². The first kappa shape index (κ1) is 14.9. The predicted octanol–water partition coefficient (Wildman–Crippen LogP) is 4.28. The summed E-state index contributed by atoms with van der Waals surface area (Å²) in [6.45, 7) is 0. The Hall–Kier alpha value is -1.52. The Morgan fingerprint density at radius 3 is 2.40 bits per heavy atom. The standard InChI is InChI=1S/C15H17F3O2/c16-15(17,18)12-6-4-5-11(9-12)10-14(13(19)20)7-2-1-3-8-14/h4-6,9H,1-3,7-8,10H2,(H,19,20). The number of hydrogen-bond donors (Lipinski definition) is 1. The van der Waals surface area contributed by atoms with E-state index >= 15 is 0 Å². The van der Waals surface area contributed by atoms with Gasteiger partial charge in [-0.15, -0.1) is 0 Å². The minimum absolute atomic E-state index is 0.173. The average Bonchev–Trinajstić information content (AvgIpc) is 2.39. The number of rotatable bonds is 3. The molecule has 1 aromatic rings. The molecule has 1 aliphatic rings. The lowest BCUT2D eigenvalue weighted by Crippen LogP contribution is -2.35. The molecule has 110 valence electrons. The van der Waals surface area contributed by atoms with E-state index in [1.54, 1.807) is 6.07 Å². The SMILES string of the molecule is O=C(O)C1(Cc2cccc(C(F)(F)F)c2)CCCCC1. The molecule has 0 saturated heterocycles. The Kier molecular flexibility index (Phi) is 4.06. The molecule has 1 aliphatic carbocycles. The molecule has 2 nitrogen and oxygen atoms in total. The number of aliphatic carboxylic acids is 1. The number of hydrogen-bond acceptors (Lipinski definition) is 1.